The minimum absolute atomic E-state index is 0.277. The maximum atomic E-state index is 12.9. The van der Waals surface area contributed by atoms with Gasteiger partial charge in [-0.25, -0.2) is 14.6 Å². The normalized spacial score (nSPS) is 10.5. The van der Waals surface area contributed by atoms with Crippen LogP contribution in [0.3, 0.4) is 0 Å². The standard InChI is InChI=1S/C22H15BrFN3O4/c23-16-5-3-15(4-6-16)22(30)31-19-11-1-14(2-12-19)13-25-27-21(29)20(28)26-18-9-7-17(24)8-10-18/h1-13H,(H,26,28)(H,27,29). The number of halogens is 2. The Morgan fingerprint density at radius 3 is 2.16 bits per heavy atom. The molecule has 0 aliphatic carbocycles. The molecule has 3 aromatic rings. The number of rotatable bonds is 5. The first kappa shape index (κ1) is 21.8. The van der Waals surface area contributed by atoms with Crippen molar-refractivity contribution in [1.29, 1.82) is 0 Å². The Morgan fingerprint density at radius 2 is 1.52 bits per heavy atom. The molecule has 0 saturated carbocycles. The average molecular weight is 484 g/mol. The highest BCUT2D eigenvalue weighted by Crippen LogP contribution is 2.15. The molecule has 31 heavy (non-hydrogen) atoms. The van der Waals surface area contributed by atoms with E-state index in [1.807, 2.05) is 0 Å². The summed E-state index contributed by atoms with van der Waals surface area (Å²) in [5, 5.41) is 6.02. The van der Waals surface area contributed by atoms with Crippen LogP contribution in [0.5, 0.6) is 5.75 Å². The summed E-state index contributed by atoms with van der Waals surface area (Å²) in [6.07, 6.45) is 1.32. The second-order valence-electron chi connectivity index (χ2n) is 6.13. The lowest BCUT2D eigenvalue weighted by Crippen LogP contribution is -2.32. The van der Waals surface area contributed by atoms with E-state index in [0.717, 1.165) is 16.6 Å². The molecule has 2 N–H and O–H groups in total. The van der Waals surface area contributed by atoms with E-state index in [9.17, 15) is 18.8 Å². The first-order valence-electron chi connectivity index (χ1n) is 8.88. The predicted molar refractivity (Wildman–Crippen MR) is 116 cm³/mol. The molecule has 0 aromatic heterocycles. The van der Waals surface area contributed by atoms with Crippen LogP contribution in [0.15, 0.2) is 82.4 Å². The zero-order chi connectivity index (χ0) is 22.2. The lowest BCUT2D eigenvalue weighted by Gasteiger charge is -2.05. The molecule has 0 aliphatic rings. The molecule has 0 saturated heterocycles. The number of hydrogen-bond acceptors (Lipinski definition) is 5. The van der Waals surface area contributed by atoms with Gasteiger partial charge >= 0.3 is 17.8 Å². The van der Waals surface area contributed by atoms with E-state index < -0.39 is 23.6 Å². The molecule has 2 amide bonds. The fraction of sp³-hybridized carbons (Fsp3) is 0. The van der Waals surface area contributed by atoms with Crippen molar-refractivity contribution in [2.45, 2.75) is 0 Å². The van der Waals surface area contributed by atoms with Crippen molar-refractivity contribution in [1.82, 2.24) is 5.43 Å². The van der Waals surface area contributed by atoms with Crippen molar-refractivity contribution in [2.24, 2.45) is 5.10 Å². The Kier molecular flexibility index (Phi) is 7.23. The van der Waals surface area contributed by atoms with Crippen LogP contribution < -0.4 is 15.5 Å². The first-order chi connectivity index (χ1) is 14.9. The number of nitrogens with zero attached hydrogens (tertiary/aromatic N) is 1. The van der Waals surface area contributed by atoms with Crippen molar-refractivity contribution < 1.29 is 23.5 Å². The zero-order valence-corrected chi connectivity index (χ0v) is 17.4. The largest absolute Gasteiger partial charge is 0.423 e. The topological polar surface area (TPSA) is 96.9 Å². The Bertz CT molecular complexity index is 1120. The number of esters is 1. The fourth-order valence-electron chi connectivity index (χ4n) is 2.31. The Morgan fingerprint density at radius 1 is 0.871 bits per heavy atom. The monoisotopic (exact) mass is 483 g/mol. The Balaban J connectivity index is 1.50. The molecule has 0 spiro atoms. The minimum atomic E-state index is -0.986. The van der Waals surface area contributed by atoms with Crippen molar-refractivity contribution in [3.8, 4) is 5.75 Å². The van der Waals surface area contributed by atoms with Gasteiger partial charge in [0, 0.05) is 10.2 Å². The predicted octanol–water partition coefficient (Wildman–Crippen LogP) is 3.90. The average Bonchev–Trinajstić information content (AvgIpc) is 2.77. The lowest BCUT2D eigenvalue weighted by atomic mass is 10.2. The van der Waals surface area contributed by atoms with Gasteiger partial charge in [-0.05, 0) is 78.4 Å². The van der Waals surface area contributed by atoms with Gasteiger partial charge in [-0.1, -0.05) is 15.9 Å². The minimum Gasteiger partial charge on any atom is -0.423 e. The molecule has 0 aliphatic heterocycles. The smallest absolute Gasteiger partial charge is 0.343 e. The van der Waals surface area contributed by atoms with Gasteiger partial charge in [0.1, 0.15) is 11.6 Å². The van der Waals surface area contributed by atoms with Gasteiger partial charge in [-0.15, -0.1) is 0 Å². The van der Waals surface area contributed by atoms with Crippen LogP contribution in [0.1, 0.15) is 15.9 Å². The number of ether oxygens (including phenoxy) is 1. The van der Waals surface area contributed by atoms with E-state index in [4.69, 9.17) is 4.74 Å². The number of amides is 2. The molecule has 0 bridgehead atoms. The van der Waals surface area contributed by atoms with Crippen LogP contribution in [0.2, 0.25) is 0 Å². The quantitative estimate of drug-likeness (QED) is 0.189. The van der Waals surface area contributed by atoms with Crippen LogP contribution in [0, 0.1) is 5.82 Å². The number of carbonyl (C=O) groups is 3. The third-order valence-electron chi connectivity index (χ3n) is 3.86. The van der Waals surface area contributed by atoms with E-state index in [1.54, 1.807) is 48.5 Å². The summed E-state index contributed by atoms with van der Waals surface area (Å²) < 4.78 is 19.0. The highest BCUT2D eigenvalue weighted by atomic mass is 79.9. The molecule has 0 radical (unpaired) electrons. The Hall–Kier alpha value is -3.85. The summed E-state index contributed by atoms with van der Waals surface area (Å²) in [5.74, 6) is -2.54. The van der Waals surface area contributed by atoms with Gasteiger partial charge in [-0.2, -0.15) is 5.10 Å². The molecular formula is C22H15BrFN3O4. The van der Waals surface area contributed by atoms with Crippen LogP contribution in [-0.2, 0) is 9.59 Å². The van der Waals surface area contributed by atoms with Crippen molar-refractivity contribution in [2.75, 3.05) is 5.32 Å². The molecule has 9 heteroatoms. The van der Waals surface area contributed by atoms with E-state index >= 15 is 0 Å². The summed E-state index contributed by atoms with van der Waals surface area (Å²) >= 11 is 3.30. The van der Waals surface area contributed by atoms with Crippen LogP contribution >= 0.6 is 15.9 Å². The number of nitrogens with one attached hydrogen (secondary N) is 2. The third kappa shape index (κ3) is 6.58. The number of carbonyl (C=O) groups excluding carboxylic acids is 3. The molecule has 7 nitrogen and oxygen atoms in total. The van der Waals surface area contributed by atoms with Crippen molar-refractivity contribution >= 4 is 45.6 Å². The van der Waals surface area contributed by atoms with Crippen molar-refractivity contribution in [3.05, 3.63) is 94.2 Å². The second-order valence-corrected chi connectivity index (χ2v) is 7.04. The molecule has 0 heterocycles. The van der Waals surface area contributed by atoms with Crippen molar-refractivity contribution in [3.63, 3.8) is 0 Å². The summed E-state index contributed by atoms with van der Waals surface area (Å²) in [5.41, 5.74) is 3.38. The van der Waals surface area contributed by atoms with Gasteiger partial charge in [0.15, 0.2) is 0 Å². The maximum absolute atomic E-state index is 12.9. The number of benzene rings is 3. The van der Waals surface area contributed by atoms with E-state index in [-0.39, 0.29) is 5.69 Å². The SMILES string of the molecule is O=C(NN=Cc1ccc(OC(=O)c2ccc(Br)cc2)cc1)C(=O)Nc1ccc(F)cc1. The lowest BCUT2D eigenvalue weighted by molar-refractivity contribution is -0.136. The molecule has 0 unspecified atom stereocenters. The highest BCUT2D eigenvalue weighted by Gasteiger charge is 2.13. The fourth-order valence-corrected chi connectivity index (χ4v) is 2.58. The number of hydrogen-bond donors (Lipinski definition) is 2. The maximum Gasteiger partial charge on any atom is 0.343 e. The summed E-state index contributed by atoms with van der Waals surface area (Å²) in [4.78, 5) is 35.6. The van der Waals surface area contributed by atoms with E-state index in [2.05, 4.69) is 31.8 Å². The highest BCUT2D eigenvalue weighted by molar-refractivity contribution is 9.10. The molecule has 0 atom stereocenters. The molecule has 3 aromatic carbocycles. The molecule has 156 valence electrons. The Labute approximate surface area is 185 Å². The third-order valence-corrected chi connectivity index (χ3v) is 4.39. The van der Waals surface area contributed by atoms with Gasteiger partial charge in [0.05, 0.1) is 11.8 Å². The van der Waals surface area contributed by atoms with E-state index in [0.29, 0.717) is 16.9 Å². The number of hydrazone groups is 1. The first-order valence-corrected chi connectivity index (χ1v) is 9.68. The van der Waals surface area contributed by atoms with Gasteiger partial charge < -0.3 is 10.1 Å². The van der Waals surface area contributed by atoms with Crippen LogP contribution in [-0.4, -0.2) is 24.0 Å². The molecular weight excluding hydrogens is 469 g/mol. The molecule has 0 fully saturated rings. The van der Waals surface area contributed by atoms with Gasteiger partial charge in [0.25, 0.3) is 0 Å². The summed E-state index contributed by atoms with van der Waals surface area (Å²) in [7, 11) is 0. The molecule has 3 rings (SSSR count). The summed E-state index contributed by atoms with van der Waals surface area (Å²) in [6, 6.07) is 18.1. The van der Waals surface area contributed by atoms with Crippen LogP contribution in [0.25, 0.3) is 0 Å². The number of anilines is 1. The van der Waals surface area contributed by atoms with Crippen LogP contribution in [0.4, 0.5) is 10.1 Å². The zero-order valence-electron chi connectivity index (χ0n) is 15.8. The van der Waals surface area contributed by atoms with Gasteiger partial charge in [-0.3, -0.25) is 9.59 Å². The summed E-state index contributed by atoms with van der Waals surface area (Å²) in [6.45, 7) is 0. The van der Waals surface area contributed by atoms with Gasteiger partial charge in [0.2, 0.25) is 0 Å². The second kappa shape index (κ2) is 10.3. The van der Waals surface area contributed by atoms with E-state index in [1.165, 1.54) is 18.3 Å².